The molecule has 0 saturated carbocycles. The van der Waals surface area contributed by atoms with Gasteiger partial charge in [-0.25, -0.2) is 0 Å². The molecule has 0 spiro atoms. The summed E-state index contributed by atoms with van der Waals surface area (Å²) < 4.78 is 1.61. The number of amides is 1. The van der Waals surface area contributed by atoms with Crippen LogP contribution in [0.1, 0.15) is 28.5 Å². The number of nitriles is 1. The van der Waals surface area contributed by atoms with E-state index in [1.807, 2.05) is 13.0 Å². The minimum Gasteiger partial charge on any atom is -0.321 e. The van der Waals surface area contributed by atoms with Gasteiger partial charge < -0.3 is 5.32 Å². The molecule has 0 aliphatic rings. The molecule has 0 aliphatic carbocycles. The fourth-order valence-electron chi connectivity index (χ4n) is 1.86. The SMILES string of the molecule is CCc1nn(C)cc1C(=O)Nc1ccc(C#N)cc1Cl. The first-order chi connectivity index (χ1) is 9.55. The maximum Gasteiger partial charge on any atom is 0.259 e. The van der Waals surface area contributed by atoms with Crippen LogP contribution in [-0.2, 0) is 13.5 Å². The summed E-state index contributed by atoms with van der Waals surface area (Å²) >= 11 is 6.03. The summed E-state index contributed by atoms with van der Waals surface area (Å²) in [6.07, 6.45) is 2.34. The maximum atomic E-state index is 12.2. The molecule has 0 bridgehead atoms. The molecule has 1 amide bonds. The molecule has 1 aromatic heterocycles. The molecule has 6 heteroatoms. The molecule has 0 unspecified atom stereocenters. The predicted molar refractivity (Wildman–Crippen MR) is 76.7 cm³/mol. The number of halogens is 1. The Hall–Kier alpha value is -2.32. The molecule has 0 atom stereocenters. The molecular weight excluding hydrogens is 276 g/mol. The number of hydrogen-bond donors (Lipinski definition) is 1. The van der Waals surface area contributed by atoms with Gasteiger partial charge in [0.25, 0.3) is 5.91 Å². The van der Waals surface area contributed by atoms with Crippen molar-refractivity contribution in [2.45, 2.75) is 13.3 Å². The van der Waals surface area contributed by atoms with Gasteiger partial charge in [-0.1, -0.05) is 18.5 Å². The summed E-state index contributed by atoms with van der Waals surface area (Å²) in [5.74, 6) is -0.262. The second kappa shape index (κ2) is 5.76. The second-order valence-electron chi connectivity index (χ2n) is 4.28. The van der Waals surface area contributed by atoms with Crippen LogP contribution in [0, 0.1) is 11.3 Å². The summed E-state index contributed by atoms with van der Waals surface area (Å²) in [4.78, 5) is 12.2. The number of anilines is 1. The summed E-state index contributed by atoms with van der Waals surface area (Å²) in [6.45, 7) is 1.94. The topological polar surface area (TPSA) is 70.7 Å². The maximum absolute atomic E-state index is 12.2. The van der Waals surface area contributed by atoms with Crippen molar-refractivity contribution in [1.29, 1.82) is 5.26 Å². The minimum absolute atomic E-state index is 0.262. The summed E-state index contributed by atoms with van der Waals surface area (Å²) in [7, 11) is 1.77. The van der Waals surface area contributed by atoms with Crippen molar-refractivity contribution in [3.63, 3.8) is 0 Å². The first-order valence-corrected chi connectivity index (χ1v) is 6.46. The number of carbonyl (C=O) groups excluding carboxylic acids is 1. The third-order valence-electron chi connectivity index (χ3n) is 2.83. The highest BCUT2D eigenvalue weighted by molar-refractivity contribution is 6.34. The molecule has 0 radical (unpaired) electrons. The fraction of sp³-hybridized carbons (Fsp3) is 0.214. The normalized spacial score (nSPS) is 10.1. The lowest BCUT2D eigenvalue weighted by Gasteiger charge is -2.07. The van der Waals surface area contributed by atoms with E-state index in [1.54, 1.807) is 30.1 Å². The Bertz CT molecular complexity index is 700. The zero-order valence-electron chi connectivity index (χ0n) is 11.1. The molecule has 2 rings (SSSR count). The van der Waals surface area contributed by atoms with Gasteiger partial charge in [0.2, 0.25) is 0 Å². The molecule has 20 heavy (non-hydrogen) atoms. The van der Waals surface area contributed by atoms with E-state index >= 15 is 0 Å². The van der Waals surface area contributed by atoms with Gasteiger partial charge in [-0.15, -0.1) is 0 Å². The van der Waals surface area contributed by atoms with Crippen molar-refractivity contribution in [2.75, 3.05) is 5.32 Å². The monoisotopic (exact) mass is 288 g/mol. The third kappa shape index (κ3) is 2.81. The molecule has 0 saturated heterocycles. The quantitative estimate of drug-likeness (QED) is 0.944. The van der Waals surface area contributed by atoms with Gasteiger partial charge in [-0.05, 0) is 24.6 Å². The standard InChI is InChI=1S/C14H13ClN4O/c1-3-12-10(8-19(2)18-12)14(20)17-13-5-4-9(7-16)6-11(13)15/h4-6,8H,3H2,1-2H3,(H,17,20). The number of aromatic nitrogens is 2. The Labute approximate surface area is 121 Å². The number of aryl methyl sites for hydroxylation is 2. The first-order valence-electron chi connectivity index (χ1n) is 6.08. The van der Waals surface area contributed by atoms with Crippen LogP contribution in [0.4, 0.5) is 5.69 Å². The van der Waals surface area contributed by atoms with Crippen molar-refractivity contribution < 1.29 is 4.79 Å². The highest BCUT2D eigenvalue weighted by atomic mass is 35.5. The Morgan fingerprint density at radius 2 is 2.30 bits per heavy atom. The Kier molecular flexibility index (Phi) is 4.06. The van der Waals surface area contributed by atoms with E-state index in [9.17, 15) is 4.79 Å². The van der Waals surface area contributed by atoms with Crippen molar-refractivity contribution in [3.8, 4) is 6.07 Å². The molecule has 2 aromatic rings. The van der Waals surface area contributed by atoms with Crippen LogP contribution < -0.4 is 5.32 Å². The van der Waals surface area contributed by atoms with E-state index in [4.69, 9.17) is 16.9 Å². The molecule has 102 valence electrons. The summed E-state index contributed by atoms with van der Waals surface area (Å²) in [6, 6.07) is 6.72. The second-order valence-corrected chi connectivity index (χ2v) is 4.68. The van der Waals surface area contributed by atoms with E-state index in [2.05, 4.69) is 10.4 Å². The van der Waals surface area contributed by atoms with Crippen LogP contribution in [0.3, 0.4) is 0 Å². The van der Waals surface area contributed by atoms with Gasteiger partial charge in [0, 0.05) is 13.2 Å². The molecule has 0 fully saturated rings. The molecule has 0 aliphatic heterocycles. The van der Waals surface area contributed by atoms with Gasteiger partial charge in [-0.3, -0.25) is 9.48 Å². The molecule has 5 nitrogen and oxygen atoms in total. The van der Waals surface area contributed by atoms with Crippen LogP contribution in [0.15, 0.2) is 24.4 Å². The van der Waals surface area contributed by atoms with Gasteiger partial charge >= 0.3 is 0 Å². The van der Waals surface area contributed by atoms with E-state index in [1.165, 1.54) is 6.07 Å². The van der Waals surface area contributed by atoms with Crippen molar-refractivity contribution in [2.24, 2.45) is 7.05 Å². The lowest BCUT2D eigenvalue weighted by Crippen LogP contribution is -2.13. The number of nitrogens with zero attached hydrogens (tertiary/aromatic N) is 3. The third-order valence-corrected chi connectivity index (χ3v) is 3.14. The number of carbonyl (C=O) groups is 1. The van der Waals surface area contributed by atoms with E-state index in [0.29, 0.717) is 28.3 Å². The summed E-state index contributed by atoms with van der Waals surface area (Å²) in [5, 5.41) is 16.1. The molecule has 1 aromatic carbocycles. The fourth-order valence-corrected chi connectivity index (χ4v) is 2.09. The van der Waals surface area contributed by atoms with Gasteiger partial charge in [0.05, 0.1) is 33.6 Å². The Morgan fingerprint density at radius 3 is 2.90 bits per heavy atom. The van der Waals surface area contributed by atoms with E-state index in [0.717, 1.165) is 5.69 Å². The van der Waals surface area contributed by atoms with Gasteiger partial charge in [0.15, 0.2) is 0 Å². The highest BCUT2D eigenvalue weighted by Gasteiger charge is 2.15. The Balaban J connectivity index is 2.26. The molecular formula is C14H13ClN4O. The van der Waals surface area contributed by atoms with Gasteiger partial charge in [-0.2, -0.15) is 10.4 Å². The average Bonchev–Trinajstić information content (AvgIpc) is 2.82. The van der Waals surface area contributed by atoms with Crippen molar-refractivity contribution >= 4 is 23.2 Å². The highest BCUT2D eigenvalue weighted by Crippen LogP contribution is 2.23. The first kappa shape index (κ1) is 14.1. The van der Waals surface area contributed by atoms with Crippen LogP contribution in [0.25, 0.3) is 0 Å². The van der Waals surface area contributed by atoms with E-state index < -0.39 is 0 Å². The summed E-state index contributed by atoms with van der Waals surface area (Å²) in [5.41, 5.74) is 2.18. The molecule has 1 N–H and O–H groups in total. The predicted octanol–water partition coefficient (Wildman–Crippen LogP) is 2.76. The van der Waals surface area contributed by atoms with Crippen molar-refractivity contribution in [3.05, 3.63) is 46.2 Å². The van der Waals surface area contributed by atoms with Crippen molar-refractivity contribution in [1.82, 2.24) is 9.78 Å². The number of nitrogens with one attached hydrogen (secondary N) is 1. The average molecular weight is 289 g/mol. The van der Waals surface area contributed by atoms with Gasteiger partial charge in [0.1, 0.15) is 0 Å². The smallest absolute Gasteiger partial charge is 0.259 e. The largest absolute Gasteiger partial charge is 0.321 e. The zero-order chi connectivity index (χ0) is 14.7. The minimum atomic E-state index is -0.262. The van der Waals surface area contributed by atoms with Crippen LogP contribution in [0.2, 0.25) is 5.02 Å². The van der Waals surface area contributed by atoms with Crippen LogP contribution in [0.5, 0.6) is 0 Å². The molecule has 1 heterocycles. The number of hydrogen-bond acceptors (Lipinski definition) is 3. The van der Waals surface area contributed by atoms with Crippen LogP contribution in [-0.4, -0.2) is 15.7 Å². The number of rotatable bonds is 3. The lowest BCUT2D eigenvalue weighted by molar-refractivity contribution is 0.102. The lowest BCUT2D eigenvalue weighted by atomic mass is 10.2. The van der Waals surface area contributed by atoms with E-state index in [-0.39, 0.29) is 5.91 Å². The zero-order valence-corrected chi connectivity index (χ0v) is 11.9. The van der Waals surface area contributed by atoms with Crippen LogP contribution >= 0.6 is 11.6 Å². The Morgan fingerprint density at radius 1 is 1.55 bits per heavy atom. The number of benzene rings is 1.